The van der Waals surface area contributed by atoms with Crippen LogP contribution in [0.4, 0.5) is 5.82 Å². The first-order valence-corrected chi connectivity index (χ1v) is 8.60. The second kappa shape index (κ2) is 6.51. The van der Waals surface area contributed by atoms with Crippen LogP contribution in [0.3, 0.4) is 0 Å². The van der Waals surface area contributed by atoms with Gasteiger partial charge < -0.3 is 14.6 Å². The lowest BCUT2D eigenvalue weighted by atomic mass is 9.92. The highest BCUT2D eigenvalue weighted by atomic mass is 16.3. The molecule has 2 aromatic rings. The van der Waals surface area contributed by atoms with Gasteiger partial charge in [-0.25, -0.2) is 15.0 Å². The van der Waals surface area contributed by atoms with Crippen molar-refractivity contribution in [3.8, 4) is 0 Å². The van der Waals surface area contributed by atoms with Crippen molar-refractivity contribution >= 4 is 5.82 Å². The number of aliphatic hydroxyl groups excluding tert-OH is 1. The fourth-order valence-electron chi connectivity index (χ4n) is 3.24. The van der Waals surface area contributed by atoms with E-state index in [1.54, 1.807) is 6.20 Å². The number of aliphatic hydroxyl groups is 1. The van der Waals surface area contributed by atoms with Gasteiger partial charge in [-0.2, -0.15) is 0 Å². The zero-order valence-corrected chi connectivity index (χ0v) is 15.0. The SMILES string of the molecule is Cn1ccnc1C(O)C1CCCN(c2ccnc(C(C)(C)C)n2)C1. The van der Waals surface area contributed by atoms with Crippen molar-refractivity contribution in [3.63, 3.8) is 0 Å². The van der Waals surface area contributed by atoms with E-state index in [-0.39, 0.29) is 11.3 Å². The Kier molecular flexibility index (Phi) is 4.58. The van der Waals surface area contributed by atoms with Crippen LogP contribution in [0.1, 0.15) is 51.4 Å². The van der Waals surface area contributed by atoms with Crippen molar-refractivity contribution in [3.05, 3.63) is 36.3 Å². The molecule has 0 aromatic carbocycles. The number of nitrogens with zero attached hydrogens (tertiary/aromatic N) is 5. The molecule has 1 saturated heterocycles. The molecule has 24 heavy (non-hydrogen) atoms. The third-order valence-electron chi connectivity index (χ3n) is 4.66. The molecule has 6 heteroatoms. The summed E-state index contributed by atoms with van der Waals surface area (Å²) in [6, 6.07) is 1.96. The third-order valence-corrected chi connectivity index (χ3v) is 4.66. The van der Waals surface area contributed by atoms with E-state index < -0.39 is 6.10 Å². The van der Waals surface area contributed by atoms with Gasteiger partial charge in [-0.1, -0.05) is 20.8 Å². The van der Waals surface area contributed by atoms with Gasteiger partial charge in [0, 0.05) is 50.1 Å². The molecule has 0 radical (unpaired) electrons. The van der Waals surface area contributed by atoms with Crippen LogP contribution >= 0.6 is 0 Å². The quantitative estimate of drug-likeness (QED) is 0.937. The second-order valence-electron chi connectivity index (χ2n) is 7.68. The van der Waals surface area contributed by atoms with Gasteiger partial charge in [0.15, 0.2) is 0 Å². The Morgan fingerprint density at radius 1 is 1.25 bits per heavy atom. The lowest BCUT2D eigenvalue weighted by Crippen LogP contribution is -2.39. The molecular weight excluding hydrogens is 302 g/mol. The lowest BCUT2D eigenvalue weighted by Gasteiger charge is -2.36. The second-order valence-corrected chi connectivity index (χ2v) is 7.68. The molecule has 2 aromatic heterocycles. The van der Waals surface area contributed by atoms with Crippen LogP contribution in [-0.2, 0) is 12.5 Å². The molecule has 6 nitrogen and oxygen atoms in total. The lowest BCUT2D eigenvalue weighted by molar-refractivity contribution is 0.0873. The number of hydrogen-bond donors (Lipinski definition) is 1. The first-order valence-electron chi connectivity index (χ1n) is 8.60. The van der Waals surface area contributed by atoms with Crippen molar-refractivity contribution in [1.82, 2.24) is 19.5 Å². The van der Waals surface area contributed by atoms with E-state index in [9.17, 15) is 5.11 Å². The average Bonchev–Trinajstić information content (AvgIpc) is 3.00. The van der Waals surface area contributed by atoms with Crippen LogP contribution in [-0.4, -0.2) is 37.7 Å². The molecule has 3 rings (SSSR count). The number of anilines is 1. The third kappa shape index (κ3) is 3.43. The summed E-state index contributed by atoms with van der Waals surface area (Å²) < 4.78 is 1.89. The molecule has 1 fully saturated rings. The van der Waals surface area contributed by atoms with E-state index >= 15 is 0 Å². The van der Waals surface area contributed by atoms with Crippen LogP contribution in [0.5, 0.6) is 0 Å². The number of aryl methyl sites for hydroxylation is 1. The highest BCUT2D eigenvalue weighted by Gasteiger charge is 2.30. The summed E-state index contributed by atoms with van der Waals surface area (Å²) in [5, 5.41) is 10.7. The summed E-state index contributed by atoms with van der Waals surface area (Å²) in [7, 11) is 1.92. The van der Waals surface area contributed by atoms with E-state index in [1.165, 1.54) is 0 Å². The van der Waals surface area contributed by atoms with E-state index in [0.29, 0.717) is 0 Å². The molecule has 1 aliphatic rings. The first kappa shape index (κ1) is 16.9. The Bertz CT molecular complexity index is 691. The predicted octanol–water partition coefficient (Wildman–Crippen LogP) is 2.46. The van der Waals surface area contributed by atoms with E-state index in [1.807, 2.05) is 30.1 Å². The number of imidazole rings is 1. The molecule has 2 atom stereocenters. The van der Waals surface area contributed by atoms with Crippen molar-refractivity contribution in [2.75, 3.05) is 18.0 Å². The Morgan fingerprint density at radius 2 is 2.04 bits per heavy atom. The summed E-state index contributed by atoms with van der Waals surface area (Å²) in [4.78, 5) is 15.7. The van der Waals surface area contributed by atoms with Crippen LogP contribution in [0.2, 0.25) is 0 Å². The van der Waals surface area contributed by atoms with Gasteiger partial charge in [-0.15, -0.1) is 0 Å². The van der Waals surface area contributed by atoms with Crippen molar-refractivity contribution < 1.29 is 5.11 Å². The van der Waals surface area contributed by atoms with Gasteiger partial charge in [-0.05, 0) is 18.9 Å². The molecule has 130 valence electrons. The molecule has 1 N–H and O–H groups in total. The minimum absolute atomic E-state index is 0.0718. The minimum Gasteiger partial charge on any atom is -0.385 e. The fraction of sp³-hybridized carbons (Fsp3) is 0.611. The van der Waals surface area contributed by atoms with Crippen LogP contribution in [0, 0.1) is 5.92 Å². The molecule has 0 bridgehead atoms. The van der Waals surface area contributed by atoms with Gasteiger partial charge in [0.1, 0.15) is 23.6 Å². The van der Waals surface area contributed by atoms with Crippen molar-refractivity contribution in [2.45, 2.75) is 45.1 Å². The molecule has 0 saturated carbocycles. The van der Waals surface area contributed by atoms with Crippen LogP contribution in [0.15, 0.2) is 24.7 Å². The van der Waals surface area contributed by atoms with Gasteiger partial charge >= 0.3 is 0 Å². The number of piperidine rings is 1. The number of rotatable bonds is 3. The standard InChI is InChI=1S/C18H27N5O/c1-18(2,3)17-20-8-7-14(21-17)23-10-5-6-13(12-23)15(24)16-19-9-11-22(16)4/h7-9,11,13,15,24H,5-6,10,12H2,1-4H3. The van der Waals surface area contributed by atoms with E-state index in [4.69, 9.17) is 4.98 Å². The Labute approximate surface area is 143 Å². The van der Waals surface area contributed by atoms with Crippen LogP contribution < -0.4 is 4.90 Å². The molecule has 0 amide bonds. The zero-order valence-electron chi connectivity index (χ0n) is 15.0. The summed E-state index contributed by atoms with van der Waals surface area (Å²) >= 11 is 0. The first-order chi connectivity index (χ1) is 11.4. The molecule has 0 spiro atoms. The largest absolute Gasteiger partial charge is 0.385 e. The summed E-state index contributed by atoms with van der Waals surface area (Å²) in [6.07, 6.45) is 6.94. The number of hydrogen-bond acceptors (Lipinski definition) is 5. The minimum atomic E-state index is -0.545. The monoisotopic (exact) mass is 329 g/mol. The summed E-state index contributed by atoms with van der Waals surface area (Å²) in [6.45, 7) is 8.11. The van der Waals surface area contributed by atoms with E-state index in [0.717, 1.165) is 43.4 Å². The van der Waals surface area contributed by atoms with Crippen molar-refractivity contribution in [2.24, 2.45) is 13.0 Å². The fourth-order valence-corrected chi connectivity index (χ4v) is 3.24. The summed E-state index contributed by atoms with van der Waals surface area (Å²) in [5.41, 5.74) is -0.0718. The molecule has 3 heterocycles. The maximum Gasteiger partial charge on any atom is 0.137 e. The Morgan fingerprint density at radius 3 is 2.71 bits per heavy atom. The van der Waals surface area contributed by atoms with Gasteiger partial charge in [0.2, 0.25) is 0 Å². The zero-order chi connectivity index (χ0) is 17.3. The average molecular weight is 329 g/mol. The summed E-state index contributed by atoms with van der Waals surface area (Å²) in [5.74, 6) is 2.70. The molecular formula is C18H27N5O. The Balaban J connectivity index is 1.78. The normalized spacial score (nSPS) is 20.2. The smallest absolute Gasteiger partial charge is 0.137 e. The molecule has 2 unspecified atom stereocenters. The van der Waals surface area contributed by atoms with Gasteiger partial charge in [0.05, 0.1) is 0 Å². The van der Waals surface area contributed by atoms with Gasteiger partial charge in [-0.3, -0.25) is 0 Å². The highest BCUT2D eigenvalue weighted by Crippen LogP contribution is 2.31. The van der Waals surface area contributed by atoms with Crippen molar-refractivity contribution in [1.29, 1.82) is 0 Å². The highest BCUT2D eigenvalue weighted by molar-refractivity contribution is 5.39. The molecule has 1 aliphatic heterocycles. The van der Waals surface area contributed by atoms with E-state index in [2.05, 4.69) is 35.6 Å². The topological polar surface area (TPSA) is 67.1 Å². The molecule has 0 aliphatic carbocycles. The van der Waals surface area contributed by atoms with Gasteiger partial charge in [0.25, 0.3) is 0 Å². The maximum atomic E-state index is 10.7. The van der Waals surface area contributed by atoms with Crippen LogP contribution in [0.25, 0.3) is 0 Å². The number of aromatic nitrogens is 4. The maximum absolute atomic E-state index is 10.7. The predicted molar refractivity (Wildman–Crippen MR) is 93.8 cm³/mol. The Hall–Kier alpha value is -1.95.